The van der Waals surface area contributed by atoms with Gasteiger partial charge in [-0.2, -0.15) is 0 Å². The molecule has 0 fully saturated rings. The van der Waals surface area contributed by atoms with Crippen LogP contribution in [0.3, 0.4) is 0 Å². The van der Waals surface area contributed by atoms with Gasteiger partial charge < -0.3 is 15.2 Å². The number of nitrogens with zero attached hydrogens (tertiary/aromatic N) is 1. The summed E-state index contributed by atoms with van der Waals surface area (Å²) in [4.78, 5) is 15.1. The third-order valence-corrected chi connectivity index (χ3v) is 5.11. The summed E-state index contributed by atoms with van der Waals surface area (Å²) in [6.45, 7) is 3.73. The molecule has 142 valence electrons. The van der Waals surface area contributed by atoms with Crippen molar-refractivity contribution in [1.29, 1.82) is 0 Å². The zero-order valence-corrected chi connectivity index (χ0v) is 16.1. The van der Waals surface area contributed by atoms with Gasteiger partial charge in [-0.15, -0.1) is 0 Å². The number of fused-ring (bicyclic) bond motifs is 1. The lowest BCUT2D eigenvalue weighted by Gasteiger charge is -2.38. The Labute approximate surface area is 164 Å². The van der Waals surface area contributed by atoms with Gasteiger partial charge in [0.2, 0.25) is 0 Å². The van der Waals surface area contributed by atoms with Crippen molar-refractivity contribution in [3.63, 3.8) is 0 Å². The molecule has 1 atom stereocenters. The van der Waals surface area contributed by atoms with Crippen LogP contribution < -0.4 is 15.0 Å². The number of anilines is 2. The van der Waals surface area contributed by atoms with Gasteiger partial charge in [0, 0.05) is 11.4 Å². The van der Waals surface area contributed by atoms with Gasteiger partial charge in [0.15, 0.2) is 0 Å². The molecule has 1 heterocycles. The van der Waals surface area contributed by atoms with Gasteiger partial charge in [0.05, 0.1) is 12.7 Å². The molecule has 3 aromatic carbocycles. The number of para-hydroxylation sites is 1. The Bertz CT molecular complexity index is 1020. The van der Waals surface area contributed by atoms with E-state index in [1.54, 1.807) is 12.0 Å². The van der Waals surface area contributed by atoms with Crippen LogP contribution in [-0.2, 0) is 0 Å². The van der Waals surface area contributed by atoms with E-state index in [0.29, 0.717) is 5.56 Å². The SMILES string of the molecule is COc1ccc(N2C(=O)c3ccccc3N[C@@H]2c2cc(C)c(O)c(C)c2)cc1. The van der Waals surface area contributed by atoms with E-state index in [-0.39, 0.29) is 11.7 Å². The number of carbonyl (C=O) groups is 1. The van der Waals surface area contributed by atoms with Crippen LogP contribution in [0.15, 0.2) is 60.7 Å². The van der Waals surface area contributed by atoms with Crippen molar-refractivity contribution in [2.45, 2.75) is 20.0 Å². The van der Waals surface area contributed by atoms with Crippen LogP contribution in [0.4, 0.5) is 11.4 Å². The number of carbonyl (C=O) groups excluding carboxylic acids is 1. The van der Waals surface area contributed by atoms with E-state index in [2.05, 4.69) is 5.32 Å². The Morgan fingerprint density at radius 1 is 1.00 bits per heavy atom. The highest BCUT2D eigenvalue weighted by molar-refractivity contribution is 6.12. The Morgan fingerprint density at radius 3 is 2.29 bits per heavy atom. The van der Waals surface area contributed by atoms with E-state index >= 15 is 0 Å². The zero-order valence-electron chi connectivity index (χ0n) is 16.1. The molecule has 1 aliphatic heterocycles. The van der Waals surface area contributed by atoms with Crippen LogP contribution in [0, 0.1) is 13.8 Å². The number of aromatic hydroxyl groups is 1. The first-order valence-corrected chi connectivity index (χ1v) is 9.13. The smallest absolute Gasteiger partial charge is 0.262 e. The molecule has 1 amide bonds. The Balaban J connectivity index is 1.87. The summed E-state index contributed by atoms with van der Waals surface area (Å²) in [7, 11) is 1.61. The Morgan fingerprint density at radius 2 is 1.64 bits per heavy atom. The molecule has 4 rings (SSSR count). The standard InChI is InChI=1S/C23H22N2O3/c1-14-12-16(13-15(2)21(14)26)22-24-20-7-5-4-6-19(20)23(27)25(22)17-8-10-18(28-3)11-9-17/h4-13,22,24,26H,1-3H3/t22-/m0/s1. The van der Waals surface area contributed by atoms with E-state index in [0.717, 1.165) is 33.8 Å². The molecule has 5 heteroatoms. The van der Waals surface area contributed by atoms with Gasteiger partial charge in [-0.25, -0.2) is 0 Å². The molecule has 0 bridgehead atoms. The second kappa shape index (κ2) is 6.93. The molecule has 0 spiro atoms. The topological polar surface area (TPSA) is 61.8 Å². The van der Waals surface area contributed by atoms with Crippen LogP contribution in [0.5, 0.6) is 11.5 Å². The first-order valence-electron chi connectivity index (χ1n) is 9.13. The summed E-state index contributed by atoms with van der Waals surface area (Å²) in [5, 5.41) is 13.7. The number of hydrogen-bond acceptors (Lipinski definition) is 4. The number of rotatable bonds is 3. The number of methoxy groups -OCH3 is 1. The fraction of sp³-hybridized carbons (Fsp3) is 0.174. The molecule has 0 saturated carbocycles. The number of hydrogen-bond donors (Lipinski definition) is 2. The third kappa shape index (κ3) is 2.95. The molecule has 0 aromatic heterocycles. The lowest BCUT2D eigenvalue weighted by molar-refractivity contribution is 0.0975. The summed E-state index contributed by atoms with van der Waals surface area (Å²) in [6, 6.07) is 18.8. The van der Waals surface area contributed by atoms with Crippen LogP contribution in [0.1, 0.15) is 33.2 Å². The molecule has 1 aliphatic rings. The predicted molar refractivity (Wildman–Crippen MR) is 110 cm³/mol. The van der Waals surface area contributed by atoms with Gasteiger partial charge in [0.1, 0.15) is 17.7 Å². The molecule has 3 aromatic rings. The minimum absolute atomic E-state index is 0.0760. The number of phenols is 1. The summed E-state index contributed by atoms with van der Waals surface area (Å²) in [6.07, 6.45) is -0.395. The van der Waals surface area contributed by atoms with Gasteiger partial charge in [-0.05, 0) is 79.1 Å². The molecule has 0 saturated heterocycles. The van der Waals surface area contributed by atoms with Gasteiger partial charge in [0.25, 0.3) is 5.91 Å². The maximum absolute atomic E-state index is 13.4. The third-order valence-electron chi connectivity index (χ3n) is 5.11. The van der Waals surface area contributed by atoms with E-state index in [9.17, 15) is 9.90 Å². The van der Waals surface area contributed by atoms with E-state index in [1.165, 1.54) is 0 Å². The minimum atomic E-state index is -0.395. The monoisotopic (exact) mass is 374 g/mol. The highest BCUT2D eigenvalue weighted by Gasteiger charge is 2.34. The molecule has 0 unspecified atom stereocenters. The summed E-state index contributed by atoms with van der Waals surface area (Å²) in [5.41, 5.74) is 4.65. The molecule has 2 N–H and O–H groups in total. The quantitative estimate of drug-likeness (QED) is 0.692. The van der Waals surface area contributed by atoms with Gasteiger partial charge >= 0.3 is 0 Å². The Kier molecular flexibility index (Phi) is 4.43. The number of aryl methyl sites for hydroxylation is 2. The van der Waals surface area contributed by atoms with Crippen LogP contribution in [0.2, 0.25) is 0 Å². The van der Waals surface area contributed by atoms with Crippen molar-refractivity contribution in [2.24, 2.45) is 0 Å². The molecule has 0 radical (unpaired) electrons. The predicted octanol–water partition coefficient (Wildman–Crippen LogP) is 4.79. The van der Waals surface area contributed by atoms with Gasteiger partial charge in [-0.3, -0.25) is 9.69 Å². The van der Waals surface area contributed by atoms with Crippen molar-refractivity contribution < 1.29 is 14.6 Å². The average molecular weight is 374 g/mol. The van der Waals surface area contributed by atoms with Crippen molar-refractivity contribution in [3.05, 3.63) is 82.9 Å². The van der Waals surface area contributed by atoms with Crippen molar-refractivity contribution in [2.75, 3.05) is 17.3 Å². The van der Waals surface area contributed by atoms with Crippen LogP contribution in [-0.4, -0.2) is 18.1 Å². The summed E-state index contributed by atoms with van der Waals surface area (Å²) in [5.74, 6) is 0.935. The molecule has 0 aliphatic carbocycles. The number of phenolic OH excluding ortho intramolecular Hbond substituents is 1. The number of amides is 1. The number of nitrogens with one attached hydrogen (secondary N) is 1. The average Bonchev–Trinajstić information content (AvgIpc) is 2.72. The number of benzene rings is 3. The van der Waals surface area contributed by atoms with Crippen molar-refractivity contribution in [1.82, 2.24) is 0 Å². The summed E-state index contributed by atoms with van der Waals surface area (Å²) >= 11 is 0. The highest BCUT2D eigenvalue weighted by Crippen LogP contribution is 2.38. The molecule has 28 heavy (non-hydrogen) atoms. The first-order chi connectivity index (χ1) is 13.5. The van der Waals surface area contributed by atoms with E-state index < -0.39 is 6.17 Å². The van der Waals surface area contributed by atoms with E-state index in [4.69, 9.17) is 4.74 Å². The minimum Gasteiger partial charge on any atom is -0.507 e. The fourth-order valence-electron chi connectivity index (χ4n) is 3.64. The lowest BCUT2D eigenvalue weighted by atomic mass is 9.99. The van der Waals surface area contributed by atoms with Crippen LogP contribution in [0.25, 0.3) is 0 Å². The lowest BCUT2D eigenvalue weighted by Crippen LogP contribution is -2.43. The zero-order chi connectivity index (χ0) is 19.8. The van der Waals surface area contributed by atoms with Crippen LogP contribution >= 0.6 is 0 Å². The van der Waals surface area contributed by atoms with E-state index in [1.807, 2.05) is 74.5 Å². The Hall–Kier alpha value is -3.47. The number of ether oxygens (including phenoxy) is 1. The molecular formula is C23H22N2O3. The maximum atomic E-state index is 13.4. The van der Waals surface area contributed by atoms with Gasteiger partial charge in [-0.1, -0.05) is 12.1 Å². The molecular weight excluding hydrogens is 352 g/mol. The fourth-order valence-corrected chi connectivity index (χ4v) is 3.64. The first kappa shape index (κ1) is 17.9. The molecule has 5 nitrogen and oxygen atoms in total. The maximum Gasteiger partial charge on any atom is 0.262 e. The normalized spacial score (nSPS) is 15.8. The largest absolute Gasteiger partial charge is 0.507 e. The van der Waals surface area contributed by atoms with Crippen molar-refractivity contribution in [3.8, 4) is 11.5 Å². The highest BCUT2D eigenvalue weighted by atomic mass is 16.5. The second-order valence-corrected chi connectivity index (χ2v) is 6.97. The second-order valence-electron chi connectivity index (χ2n) is 6.97. The summed E-state index contributed by atoms with van der Waals surface area (Å²) < 4.78 is 5.25. The van der Waals surface area contributed by atoms with Crippen molar-refractivity contribution >= 4 is 17.3 Å².